The summed E-state index contributed by atoms with van der Waals surface area (Å²) in [6.45, 7) is 14.7. The van der Waals surface area contributed by atoms with Crippen LogP contribution in [0.4, 0.5) is 0 Å². The molecule has 4 heteroatoms. The molecule has 0 heterocycles. The minimum Gasteiger partial charge on any atom is -0.496 e. The third-order valence-corrected chi connectivity index (χ3v) is 4.30. The standard InChI is InChI=1S/C11H16O.C10H14O.CH4O.2CH4.CH3.Y/c1-7-6-8(2)11(12-5)10(4)9(7)3;1-7-5-8(2)10(11-4)9(3)6-7;1-2;;;;/h6H,1-5H3;5-6H,1-4H3;2H,1H3;2*1H4;1H3;/q;;;;;-1;. The van der Waals surface area contributed by atoms with Crippen molar-refractivity contribution in [1.29, 1.82) is 0 Å². The van der Waals surface area contributed by atoms with Crippen LogP contribution in [-0.2, 0) is 32.7 Å². The molecule has 2 rings (SSSR count). The smallest absolute Gasteiger partial charge is 0.124 e. The largest absolute Gasteiger partial charge is 0.496 e. The second-order valence-corrected chi connectivity index (χ2v) is 6.23. The van der Waals surface area contributed by atoms with Crippen LogP contribution in [0.25, 0.3) is 0 Å². The van der Waals surface area contributed by atoms with Crippen LogP contribution in [0.15, 0.2) is 18.2 Å². The molecule has 0 spiro atoms. The van der Waals surface area contributed by atoms with Gasteiger partial charge < -0.3 is 22.0 Å². The molecular formula is C25H45O3Y-. The summed E-state index contributed by atoms with van der Waals surface area (Å²) in [4.78, 5) is 0. The van der Waals surface area contributed by atoms with Gasteiger partial charge in [0.15, 0.2) is 0 Å². The van der Waals surface area contributed by atoms with E-state index in [0.29, 0.717) is 0 Å². The zero-order valence-corrected chi connectivity index (χ0v) is 21.9. The first-order valence-electron chi connectivity index (χ1n) is 8.40. The summed E-state index contributed by atoms with van der Waals surface area (Å²) < 4.78 is 10.5. The van der Waals surface area contributed by atoms with Crippen molar-refractivity contribution < 1.29 is 47.3 Å². The number of rotatable bonds is 2. The van der Waals surface area contributed by atoms with Gasteiger partial charge in [-0.1, -0.05) is 38.6 Å². The molecule has 0 fully saturated rings. The Morgan fingerprint density at radius 2 is 0.931 bits per heavy atom. The second-order valence-electron chi connectivity index (χ2n) is 6.23. The quantitative estimate of drug-likeness (QED) is 0.475. The van der Waals surface area contributed by atoms with Gasteiger partial charge in [0.2, 0.25) is 0 Å². The molecule has 0 aliphatic carbocycles. The SMILES string of the molecule is C.C.CO.COc1c(C)cc(C)c(C)c1C.COc1c(C)cc(C)cc1C.[CH3-].[Y]. The number of hydrogen-bond donors (Lipinski definition) is 1. The van der Waals surface area contributed by atoms with Gasteiger partial charge in [-0.2, -0.15) is 0 Å². The minimum absolute atomic E-state index is 0. The van der Waals surface area contributed by atoms with Crippen LogP contribution in [0, 0.1) is 55.9 Å². The van der Waals surface area contributed by atoms with Crippen LogP contribution in [-0.4, -0.2) is 26.4 Å². The van der Waals surface area contributed by atoms with Crippen LogP contribution in [0.1, 0.15) is 53.8 Å². The summed E-state index contributed by atoms with van der Waals surface area (Å²) in [7, 11) is 4.44. The normalized spacial score (nSPS) is 8.10. The summed E-state index contributed by atoms with van der Waals surface area (Å²) in [5, 5.41) is 7.00. The van der Waals surface area contributed by atoms with Gasteiger partial charge in [-0.15, -0.1) is 0 Å². The maximum atomic E-state index is 7.00. The molecule has 2 aromatic rings. The van der Waals surface area contributed by atoms with Gasteiger partial charge in [-0.3, -0.25) is 0 Å². The average molecular weight is 483 g/mol. The first-order chi connectivity index (χ1) is 11.7. The van der Waals surface area contributed by atoms with Gasteiger partial charge in [-0.25, -0.2) is 0 Å². The first kappa shape index (κ1) is 38.7. The van der Waals surface area contributed by atoms with Crippen molar-refractivity contribution in [3.05, 3.63) is 64.6 Å². The van der Waals surface area contributed by atoms with Gasteiger partial charge in [-0.05, 0) is 81.8 Å². The van der Waals surface area contributed by atoms with Gasteiger partial charge in [0, 0.05) is 39.8 Å². The molecular weight excluding hydrogens is 437 g/mol. The van der Waals surface area contributed by atoms with Gasteiger partial charge >= 0.3 is 0 Å². The summed E-state index contributed by atoms with van der Waals surface area (Å²) in [5.41, 5.74) is 8.87. The van der Waals surface area contributed by atoms with E-state index in [4.69, 9.17) is 14.6 Å². The van der Waals surface area contributed by atoms with E-state index in [9.17, 15) is 0 Å². The Bertz CT molecular complexity index is 672. The molecule has 0 aliphatic heterocycles. The van der Waals surface area contributed by atoms with Gasteiger partial charge in [0.05, 0.1) is 14.2 Å². The van der Waals surface area contributed by atoms with Gasteiger partial charge in [0.1, 0.15) is 11.5 Å². The third kappa shape index (κ3) is 11.2. The van der Waals surface area contributed by atoms with Gasteiger partial charge in [0.25, 0.3) is 0 Å². The van der Waals surface area contributed by atoms with Crippen LogP contribution in [0.3, 0.4) is 0 Å². The predicted molar refractivity (Wildman–Crippen MR) is 127 cm³/mol. The summed E-state index contributed by atoms with van der Waals surface area (Å²) in [6, 6.07) is 6.43. The Morgan fingerprint density at radius 1 is 0.586 bits per heavy atom. The monoisotopic (exact) mass is 482 g/mol. The number of benzene rings is 2. The fourth-order valence-corrected chi connectivity index (χ4v) is 3.06. The predicted octanol–water partition coefficient (Wildman–Crippen LogP) is 6.88. The molecule has 3 nitrogen and oxygen atoms in total. The molecule has 0 saturated heterocycles. The van der Waals surface area contributed by atoms with E-state index in [1.54, 1.807) is 14.2 Å². The van der Waals surface area contributed by atoms with E-state index in [-0.39, 0.29) is 55.0 Å². The maximum absolute atomic E-state index is 7.00. The van der Waals surface area contributed by atoms with Crippen LogP contribution in [0.5, 0.6) is 11.5 Å². The van der Waals surface area contributed by atoms with E-state index < -0.39 is 0 Å². The summed E-state index contributed by atoms with van der Waals surface area (Å²) in [5.74, 6) is 2.04. The Balaban J connectivity index is -0.000000108. The molecule has 2 aromatic carbocycles. The van der Waals surface area contributed by atoms with Crippen molar-refractivity contribution in [2.24, 2.45) is 0 Å². The van der Waals surface area contributed by atoms with E-state index in [2.05, 4.69) is 66.7 Å². The number of methoxy groups -OCH3 is 2. The Morgan fingerprint density at radius 3 is 1.28 bits per heavy atom. The van der Waals surface area contributed by atoms with Crippen molar-refractivity contribution in [2.45, 2.75) is 63.3 Å². The molecule has 0 aromatic heterocycles. The molecule has 0 aliphatic rings. The molecule has 0 atom stereocenters. The Hall–Kier alpha value is -0.896. The van der Waals surface area contributed by atoms with E-state index in [1.807, 2.05) is 0 Å². The Kier molecular flexibility index (Phi) is 25.5. The van der Waals surface area contributed by atoms with Crippen molar-refractivity contribution in [1.82, 2.24) is 0 Å². The third-order valence-electron chi connectivity index (χ3n) is 4.30. The molecule has 0 unspecified atom stereocenters. The molecule has 29 heavy (non-hydrogen) atoms. The number of ether oxygens (including phenoxy) is 2. The summed E-state index contributed by atoms with van der Waals surface area (Å²) in [6.07, 6.45) is 0. The fraction of sp³-hybridized carbons (Fsp3) is 0.480. The zero-order chi connectivity index (χ0) is 19.7. The number of aliphatic hydroxyl groups excluding tert-OH is 1. The summed E-state index contributed by atoms with van der Waals surface area (Å²) >= 11 is 0. The van der Waals surface area contributed by atoms with E-state index in [0.717, 1.165) is 18.6 Å². The van der Waals surface area contributed by atoms with Crippen molar-refractivity contribution in [2.75, 3.05) is 21.3 Å². The minimum atomic E-state index is 0. The molecule has 1 radical (unpaired) electrons. The topological polar surface area (TPSA) is 38.7 Å². The zero-order valence-electron chi connectivity index (χ0n) is 19.1. The van der Waals surface area contributed by atoms with E-state index >= 15 is 0 Å². The van der Waals surface area contributed by atoms with Crippen molar-refractivity contribution in [3.8, 4) is 11.5 Å². The molecule has 0 bridgehead atoms. The second kappa shape index (κ2) is 19.1. The first-order valence-corrected chi connectivity index (χ1v) is 8.40. The average Bonchev–Trinajstić information content (AvgIpc) is 2.55. The molecule has 1 N–H and O–H groups in total. The van der Waals surface area contributed by atoms with Crippen molar-refractivity contribution in [3.63, 3.8) is 0 Å². The van der Waals surface area contributed by atoms with Crippen molar-refractivity contribution >= 4 is 0 Å². The molecule has 0 saturated carbocycles. The Labute approximate surface area is 207 Å². The van der Waals surface area contributed by atoms with Crippen LogP contribution in [0.2, 0.25) is 0 Å². The van der Waals surface area contributed by atoms with Crippen LogP contribution >= 0.6 is 0 Å². The number of hydrogen-bond acceptors (Lipinski definition) is 3. The van der Waals surface area contributed by atoms with E-state index in [1.165, 1.54) is 38.9 Å². The maximum Gasteiger partial charge on any atom is 0.124 e. The fourth-order valence-electron chi connectivity index (χ4n) is 3.06. The molecule has 167 valence electrons. The number of aliphatic hydroxyl groups is 1. The molecule has 0 amide bonds. The van der Waals surface area contributed by atoms with Crippen LogP contribution < -0.4 is 9.47 Å². The number of aryl methyl sites for hydroxylation is 5.